The maximum Gasteiger partial charge on any atom is 0.238 e. The Morgan fingerprint density at radius 2 is 2.03 bits per heavy atom. The number of aryl methyl sites for hydroxylation is 1. The molecule has 10 heteroatoms. The van der Waals surface area contributed by atoms with E-state index in [0.29, 0.717) is 44.1 Å². The zero-order valence-electron chi connectivity index (χ0n) is 18.0. The zero-order valence-corrected chi connectivity index (χ0v) is 18.8. The summed E-state index contributed by atoms with van der Waals surface area (Å²) in [6.07, 6.45) is 0.795. The summed E-state index contributed by atoms with van der Waals surface area (Å²) in [5.74, 6) is 0.238. The molecule has 0 unspecified atom stereocenters. The molecule has 0 aliphatic carbocycles. The van der Waals surface area contributed by atoms with Crippen LogP contribution in [0.1, 0.15) is 36.1 Å². The van der Waals surface area contributed by atoms with Crippen LogP contribution in [0.4, 0.5) is 4.39 Å². The summed E-state index contributed by atoms with van der Waals surface area (Å²) in [4.78, 5) is 6.35. The lowest BCUT2D eigenvalue weighted by Crippen LogP contribution is -2.24. The molecule has 0 bridgehead atoms. The van der Waals surface area contributed by atoms with E-state index < -0.39 is 15.8 Å². The topological polar surface area (TPSA) is 118 Å². The molecule has 1 heterocycles. The van der Waals surface area contributed by atoms with Gasteiger partial charge in [0.25, 0.3) is 0 Å². The summed E-state index contributed by atoms with van der Waals surface area (Å²) in [6, 6.07) is 13.5. The van der Waals surface area contributed by atoms with Crippen molar-refractivity contribution in [3.63, 3.8) is 0 Å². The first-order valence-electron chi connectivity index (χ1n) is 10.1. The van der Waals surface area contributed by atoms with Gasteiger partial charge in [0.1, 0.15) is 17.3 Å². The number of nitriles is 1. The Balaban J connectivity index is 2.02. The molecule has 0 aliphatic heterocycles. The van der Waals surface area contributed by atoms with Crippen LogP contribution in [0.5, 0.6) is 0 Å². The summed E-state index contributed by atoms with van der Waals surface area (Å²) >= 11 is 0. The van der Waals surface area contributed by atoms with Crippen molar-refractivity contribution < 1.29 is 12.8 Å². The van der Waals surface area contributed by atoms with E-state index in [9.17, 15) is 12.8 Å². The van der Waals surface area contributed by atoms with Gasteiger partial charge >= 0.3 is 0 Å². The highest BCUT2D eigenvalue weighted by Crippen LogP contribution is 2.21. The predicted octanol–water partition coefficient (Wildman–Crippen LogP) is 2.69. The van der Waals surface area contributed by atoms with Gasteiger partial charge in [-0.2, -0.15) is 5.26 Å². The number of benzene rings is 2. The molecule has 0 radical (unpaired) electrons. The summed E-state index contributed by atoms with van der Waals surface area (Å²) < 4.78 is 39.4. The molecule has 168 valence electrons. The van der Waals surface area contributed by atoms with Crippen LogP contribution in [0.2, 0.25) is 0 Å². The van der Waals surface area contributed by atoms with Gasteiger partial charge < -0.3 is 0 Å². The summed E-state index contributed by atoms with van der Waals surface area (Å²) in [6.45, 7) is 5.66. The first-order valence-corrected chi connectivity index (χ1v) is 11.7. The Bertz CT molecular complexity index is 1250. The number of primary sulfonamides is 1. The molecule has 0 amide bonds. The van der Waals surface area contributed by atoms with Crippen molar-refractivity contribution in [2.75, 3.05) is 13.1 Å². The van der Waals surface area contributed by atoms with E-state index in [1.807, 2.05) is 43.0 Å². The number of nitrogens with zero attached hydrogens (tertiary/aromatic N) is 5. The number of nitrogens with two attached hydrogens (primary N) is 1. The third-order valence-corrected chi connectivity index (χ3v) is 5.90. The third kappa shape index (κ3) is 5.76. The van der Waals surface area contributed by atoms with Crippen molar-refractivity contribution >= 4 is 10.0 Å². The first-order chi connectivity index (χ1) is 15.2. The van der Waals surface area contributed by atoms with Crippen LogP contribution in [-0.2, 0) is 23.0 Å². The fourth-order valence-electron chi connectivity index (χ4n) is 3.36. The minimum atomic E-state index is -4.03. The number of hydrogen-bond acceptors (Lipinski definition) is 6. The molecular weight excluding hydrogens is 431 g/mol. The zero-order chi connectivity index (χ0) is 23.3. The SMILES string of the molecule is CCN(CCC#N)Cc1nc(Cc2cccc(C)c2)n(-c2ccc(S(N)(=O)=O)cc2F)n1. The molecule has 2 aromatic carbocycles. The van der Waals surface area contributed by atoms with Crippen LogP contribution >= 0.6 is 0 Å². The first kappa shape index (κ1) is 23.5. The maximum atomic E-state index is 14.9. The maximum absolute atomic E-state index is 14.9. The van der Waals surface area contributed by atoms with Gasteiger partial charge in [-0.3, -0.25) is 4.90 Å². The van der Waals surface area contributed by atoms with E-state index in [1.165, 1.54) is 16.8 Å². The third-order valence-electron chi connectivity index (χ3n) is 4.99. The van der Waals surface area contributed by atoms with Crippen LogP contribution in [-0.4, -0.2) is 41.2 Å². The van der Waals surface area contributed by atoms with Crippen LogP contribution in [0.25, 0.3) is 5.69 Å². The van der Waals surface area contributed by atoms with Gasteiger partial charge in [0, 0.05) is 19.4 Å². The van der Waals surface area contributed by atoms with Crippen molar-refractivity contribution in [3.05, 3.63) is 71.1 Å². The Kier molecular flexibility index (Phi) is 7.35. The van der Waals surface area contributed by atoms with Crippen molar-refractivity contribution in [1.29, 1.82) is 5.26 Å². The number of hydrogen-bond donors (Lipinski definition) is 1. The van der Waals surface area contributed by atoms with Gasteiger partial charge in [0.15, 0.2) is 5.82 Å². The van der Waals surface area contributed by atoms with E-state index in [2.05, 4.69) is 16.2 Å². The average molecular weight is 457 g/mol. The van der Waals surface area contributed by atoms with E-state index in [4.69, 9.17) is 10.4 Å². The second-order valence-electron chi connectivity index (χ2n) is 7.46. The summed E-state index contributed by atoms with van der Waals surface area (Å²) in [5, 5.41) is 18.5. The molecular formula is C22H25FN6O2S. The van der Waals surface area contributed by atoms with E-state index >= 15 is 0 Å². The van der Waals surface area contributed by atoms with Crippen molar-refractivity contribution in [1.82, 2.24) is 19.7 Å². The quantitative estimate of drug-likeness (QED) is 0.529. The van der Waals surface area contributed by atoms with E-state index in [1.54, 1.807) is 0 Å². The van der Waals surface area contributed by atoms with Gasteiger partial charge in [0.05, 0.1) is 17.5 Å². The van der Waals surface area contributed by atoms with E-state index in [0.717, 1.165) is 17.2 Å². The fourth-order valence-corrected chi connectivity index (χ4v) is 3.89. The van der Waals surface area contributed by atoms with Crippen molar-refractivity contribution in [2.24, 2.45) is 5.14 Å². The molecule has 0 saturated heterocycles. The highest BCUT2D eigenvalue weighted by atomic mass is 32.2. The van der Waals surface area contributed by atoms with Gasteiger partial charge in [-0.15, -0.1) is 5.10 Å². The second kappa shape index (κ2) is 9.99. The molecule has 8 nitrogen and oxygen atoms in total. The lowest BCUT2D eigenvalue weighted by atomic mass is 10.1. The average Bonchev–Trinajstić information content (AvgIpc) is 3.12. The van der Waals surface area contributed by atoms with Crippen molar-refractivity contribution in [2.45, 2.75) is 38.1 Å². The molecule has 0 spiro atoms. The Morgan fingerprint density at radius 3 is 2.66 bits per heavy atom. The Labute approximate surface area is 187 Å². The minimum absolute atomic E-state index is 0.0823. The number of rotatable bonds is 9. The standard InChI is InChI=1S/C22H25FN6O2S/c1-3-28(11-5-10-24)15-21-26-22(13-17-7-4-6-16(2)12-17)29(27-21)20-9-8-18(14-19(20)23)32(25,30)31/h4,6-9,12,14H,3,5,11,13,15H2,1-2H3,(H2,25,30,31). The molecule has 0 atom stereocenters. The Morgan fingerprint density at radius 1 is 1.25 bits per heavy atom. The molecule has 2 N–H and O–H groups in total. The van der Waals surface area contributed by atoms with Crippen LogP contribution in [0.3, 0.4) is 0 Å². The molecule has 3 rings (SSSR count). The van der Waals surface area contributed by atoms with Gasteiger partial charge in [-0.1, -0.05) is 36.8 Å². The molecule has 3 aromatic rings. The normalized spacial score (nSPS) is 11.6. The van der Waals surface area contributed by atoms with Gasteiger partial charge in [-0.25, -0.2) is 27.6 Å². The number of sulfonamides is 1. The summed E-state index contributed by atoms with van der Waals surface area (Å²) in [5.41, 5.74) is 2.16. The number of halogens is 1. The minimum Gasteiger partial charge on any atom is -0.295 e. The molecule has 1 aromatic heterocycles. The monoisotopic (exact) mass is 456 g/mol. The molecule has 0 fully saturated rings. The highest BCUT2D eigenvalue weighted by Gasteiger charge is 2.19. The molecule has 0 saturated carbocycles. The highest BCUT2D eigenvalue weighted by molar-refractivity contribution is 7.89. The van der Waals surface area contributed by atoms with Crippen molar-refractivity contribution in [3.8, 4) is 11.8 Å². The second-order valence-corrected chi connectivity index (χ2v) is 9.02. The smallest absolute Gasteiger partial charge is 0.238 e. The largest absolute Gasteiger partial charge is 0.295 e. The number of aromatic nitrogens is 3. The van der Waals surface area contributed by atoms with Crippen LogP contribution in [0.15, 0.2) is 47.4 Å². The predicted molar refractivity (Wildman–Crippen MR) is 118 cm³/mol. The van der Waals surface area contributed by atoms with Gasteiger partial charge in [-0.05, 0) is 37.2 Å². The summed E-state index contributed by atoms with van der Waals surface area (Å²) in [7, 11) is -4.03. The fraction of sp³-hybridized carbons (Fsp3) is 0.318. The lowest BCUT2D eigenvalue weighted by Gasteiger charge is -2.16. The Hall–Kier alpha value is -3.13. The van der Waals surface area contributed by atoms with E-state index in [-0.39, 0.29) is 10.6 Å². The molecule has 0 aliphatic rings. The molecule has 32 heavy (non-hydrogen) atoms. The van der Waals surface area contributed by atoms with Crippen LogP contribution in [0, 0.1) is 24.1 Å². The lowest BCUT2D eigenvalue weighted by molar-refractivity contribution is 0.279. The van der Waals surface area contributed by atoms with Crippen LogP contribution < -0.4 is 5.14 Å². The van der Waals surface area contributed by atoms with Gasteiger partial charge in [0.2, 0.25) is 10.0 Å².